The van der Waals surface area contributed by atoms with Gasteiger partial charge in [0.2, 0.25) is 17.7 Å². The zero-order chi connectivity index (χ0) is 15.2. The Morgan fingerprint density at radius 3 is 2.43 bits per heavy atom. The van der Waals surface area contributed by atoms with Crippen LogP contribution in [0.3, 0.4) is 0 Å². The highest BCUT2D eigenvalue weighted by atomic mass is 32.1. The molecule has 1 aromatic heterocycles. The Morgan fingerprint density at radius 2 is 1.86 bits per heavy atom. The van der Waals surface area contributed by atoms with Gasteiger partial charge in [0.15, 0.2) is 0 Å². The molecule has 1 aliphatic heterocycles. The van der Waals surface area contributed by atoms with Crippen LogP contribution in [0.15, 0.2) is 17.5 Å². The lowest BCUT2D eigenvalue weighted by atomic mass is 10.3. The molecule has 3 amide bonds. The fourth-order valence-corrected chi connectivity index (χ4v) is 2.89. The van der Waals surface area contributed by atoms with E-state index in [0.717, 1.165) is 4.88 Å². The van der Waals surface area contributed by atoms with Crippen LogP contribution < -0.4 is 5.32 Å². The summed E-state index contributed by atoms with van der Waals surface area (Å²) >= 11 is 1.52. The molecule has 0 spiro atoms. The zero-order valence-corrected chi connectivity index (χ0v) is 12.8. The van der Waals surface area contributed by atoms with Crippen LogP contribution >= 0.6 is 11.3 Å². The third-order valence-corrected chi connectivity index (χ3v) is 4.31. The van der Waals surface area contributed by atoms with E-state index in [1.807, 2.05) is 17.5 Å². The maximum atomic E-state index is 12.0. The molecule has 1 N–H and O–H groups in total. The second kappa shape index (κ2) is 7.21. The number of carbonyl (C=O) groups is 3. The van der Waals surface area contributed by atoms with Gasteiger partial charge in [-0.1, -0.05) is 6.07 Å². The molecule has 7 heteroatoms. The van der Waals surface area contributed by atoms with E-state index < -0.39 is 0 Å². The predicted molar refractivity (Wildman–Crippen MR) is 79.9 cm³/mol. The van der Waals surface area contributed by atoms with Gasteiger partial charge in [-0.25, -0.2) is 0 Å². The van der Waals surface area contributed by atoms with Crippen LogP contribution in [0.25, 0.3) is 0 Å². The van der Waals surface area contributed by atoms with Gasteiger partial charge < -0.3 is 15.1 Å². The van der Waals surface area contributed by atoms with E-state index in [4.69, 9.17) is 0 Å². The fraction of sp³-hybridized carbons (Fsp3) is 0.500. The highest BCUT2D eigenvalue weighted by Crippen LogP contribution is 2.08. The molecule has 1 aliphatic rings. The highest BCUT2D eigenvalue weighted by molar-refractivity contribution is 7.10. The minimum Gasteiger partial charge on any atom is -0.347 e. The first-order chi connectivity index (χ1) is 10.1. The molecule has 0 atom stereocenters. The maximum Gasteiger partial charge on any atom is 0.242 e. The summed E-state index contributed by atoms with van der Waals surface area (Å²) in [4.78, 5) is 39.3. The van der Waals surface area contributed by atoms with Gasteiger partial charge in [-0.15, -0.1) is 11.3 Å². The van der Waals surface area contributed by atoms with E-state index in [9.17, 15) is 14.4 Å². The van der Waals surface area contributed by atoms with Gasteiger partial charge >= 0.3 is 0 Å². The van der Waals surface area contributed by atoms with Gasteiger partial charge in [0.05, 0.1) is 13.0 Å². The van der Waals surface area contributed by atoms with Crippen LogP contribution in [-0.2, 0) is 20.8 Å². The third-order valence-electron chi connectivity index (χ3n) is 3.43. The van der Waals surface area contributed by atoms with E-state index >= 15 is 0 Å². The molecule has 1 saturated heterocycles. The number of rotatable bonds is 4. The summed E-state index contributed by atoms with van der Waals surface area (Å²) in [6, 6.07) is 3.79. The number of hydrogen-bond acceptors (Lipinski definition) is 4. The minimum atomic E-state index is -0.145. The average molecular weight is 309 g/mol. The van der Waals surface area contributed by atoms with Crippen molar-refractivity contribution in [3.63, 3.8) is 0 Å². The molecule has 1 aromatic rings. The van der Waals surface area contributed by atoms with Gasteiger partial charge in [-0.3, -0.25) is 14.4 Å². The normalized spacial score (nSPS) is 14.9. The fourth-order valence-electron chi connectivity index (χ4n) is 2.19. The van der Waals surface area contributed by atoms with Crippen molar-refractivity contribution in [3.8, 4) is 0 Å². The van der Waals surface area contributed by atoms with Crippen molar-refractivity contribution in [1.82, 2.24) is 15.1 Å². The summed E-state index contributed by atoms with van der Waals surface area (Å²) in [6.07, 6.45) is 0.309. The molecule has 0 radical (unpaired) electrons. The Hall–Kier alpha value is -1.89. The first-order valence-electron chi connectivity index (χ1n) is 6.88. The molecule has 2 rings (SSSR count). The van der Waals surface area contributed by atoms with Gasteiger partial charge in [0.25, 0.3) is 0 Å². The lowest BCUT2D eigenvalue weighted by Crippen LogP contribution is -2.52. The second-order valence-corrected chi connectivity index (χ2v) is 5.95. The number of amides is 3. The van der Waals surface area contributed by atoms with Gasteiger partial charge in [-0.05, 0) is 11.4 Å². The third kappa shape index (κ3) is 4.56. The second-order valence-electron chi connectivity index (χ2n) is 4.92. The molecular weight excluding hydrogens is 290 g/mol. The monoisotopic (exact) mass is 309 g/mol. The predicted octanol–water partition coefficient (Wildman–Crippen LogP) is 0.0975. The largest absolute Gasteiger partial charge is 0.347 e. The van der Waals surface area contributed by atoms with E-state index in [1.54, 1.807) is 9.80 Å². The number of hydrogen-bond donors (Lipinski definition) is 1. The summed E-state index contributed by atoms with van der Waals surface area (Å²) in [7, 11) is 0. The summed E-state index contributed by atoms with van der Waals surface area (Å²) in [5.74, 6) is -0.211. The standard InChI is InChI=1S/C14H19N3O3S/c1-11(18)16-4-6-17(7-5-16)14(20)10-15-13(19)9-12-3-2-8-21-12/h2-3,8H,4-7,9-10H2,1H3,(H,15,19). The van der Waals surface area contributed by atoms with Crippen LogP contribution in [0.2, 0.25) is 0 Å². The number of carbonyl (C=O) groups excluding carboxylic acids is 3. The van der Waals surface area contributed by atoms with E-state index in [2.05, 4.69) is 5.32 Å². The molecule has 21 heavy (non-hydrogen) atoms. The lowest BCUT2D eigenvalue weighted by molar-refractivity contribution is -0.138. The van der Waals surface area contributed by atoms with Crippen molar-refractivity contribution >= 4 is 29.1 Å². The smallest absolute Gasteiger partial charge is 0.242 e. The molecule has 6 nitrogen and oxygen atoms in total. The van der Waals surface area contributed by atoms with Crippen LogP contribution in [0, 0.1) is 0 Å². The Labute approximate surface area is 127 Å². The topological polar surface area (TPSA) is 69.7 Å². The molecule has 0 bridgehead atoms. The van der Waals surface area contributed by atoms with Crippen molar-refractivity contribution in [2.24, 2.45) is 0 Å². The Bertz CT molecular complexity index is 508. The van der Waals surface area contributed by atoms with E-state index in [0.29, 0.717) is 32.6 Å². The zero-order valence-electron chi connectivity index (χ0n) is 12.0. The molecule has 0 saturated carbocycles. The molecule has 2 heterocycles. The average Bonchev–Trinajstić information content (AvgIpc) is 2.97. The van der Waals surface area contributed by atoms with Crippen molar-refractivity contribution in [3.05, 3.63) is 22.4 Å². The first-order valence-corrected chi connectivity index (χ1v) is 7.76. The quantitative estimate of drug-likeness (QED) is 0.857. The van der Waals surface area contributed by atoms with Crippen molar-refractivity contribution in [2.75, 3.05) is 32.7 Å². The van der Waals surface area contributed by atoms with Crippen molar-refractivity contribution < 1.29 is 14.4 Å². The summed E-state index contributed by atoms with van der Waals surface area (Å²) in [5.41, 5.74) is 0. The Morgan fingerprint density at radius 1 is 1.19 bits per heavy atom. The highest BCUT2D eigenvalue weighted by Gasteiger charge is 2.22. The number of nitrogens with one attached hydrogen (secondary N) is 1. The number of piperazine rings is 1. The number of nitrogens with zero attached hydrogens (tertiary/aromatic N) is 2. The molecule has 0 aromatic carbocycles. The molecular formula is C14H19N3O3S. The van der Waals surface area contributed by atoms with Crippen molar-refractivity contribution in [1.29, 1.82) is 0 Å². The van der Waals surface area contributed by atoms with Gasteiger partial charge in [-0.2, -0.15) is 0 Å². The SMILES string of the molecule is CC(=O)N1CCN(C(=O)CNC(=O)Cc2cccs2)CC1. The van der Waals surface area contributed by atoms with E-state index in [-0.39, 0.29) is 24.3 Å². The molecule has 114 valence electrons. The van der Waals surface area contributed by atoms with Gasteiger partial charge in [0.1, 0.15) is 0 Å². The summed E-state index contributed by atoms with van der Waals surface area (Å²) in [5, 5.41) is 4.57. The van der Waals surface area contributed by atoms with Gasteiger partial charge in [0, 0.05) is 38.0 Å². The Kier molecular flexibility index (Phi) is 5.32. The molecule has 0 unspecified atom stereocenters. The lowest BCUT2D eigenvalue weighted by Gasteiger charge is -2.34. The van der Waals surface area contributed by atoms with Crippen LogP contribution in [0.1, 0.15) is 11.8 Å². The summed E-state index contributed by atoms with van der Waals surface area (Å²) in [6.45, 7) is 3.72. The maximum absolute atomic E-state index is 12.0. The number of thiophene rings is 1. The molecule has 1 fully saturated rings. The first kappa shape index (κ1) is 15.5. The van der Waals surface area contributed by atoms with Crippen LogP contribution in [0.4, 0.5) is 0 Å². The summed E-state index contributed by atoms with van der Waals surface area (Å²) < 4.78 is 0. The van der Waals surface area contributed by atoms with Crippen LogP contribution in [-0.4, -0.2) is 60.2 Å². The van der Waals surface area contributed by atoms with Crippen molar-refractivity contribution in [2.45, 2.75) is 13.3 Å². The minimum absolute atomic E-state index is 0.0181. The van der Waals surface area contributed by atoms with Crippen LogP contribution in [0.5, 0.6) is 0 Å². The Balaban J connectivity index is 1.70. The molecule has 0 aliphatic carbocycles. The van der Waals surface area contributed by atoms with E-state index in [1.165, 1.54) is 18.3 Å².